The van der Waals surface area contributed by atoms with E-state index < -0.39 is 11.0 Å². The first-order valence-corrected chi connectivity index (χ1v) is 11.3. The first-order chi connectivity index (χ1) is 13.2. The van der Waals surface area contributed by atoms with Crippen molar-refractivity contribution in [2.24, 2.45) is 28.6 Å². The fourth-order valence-electron chi connectivity index (χ4n) is 7.39. The summed E-state index contributed by atoms with van der Waals surface area (Å²) in [4.78, 5) is 24.7. The predicted octanol–water partition coefficient (Wildman–Crippen LogP) is 3.19. The molecule has 3 fully saturated rings. The Morgan fingerprint density at radius 3 is 2.75 bits per heavy atom. The minimum Gasteiger partial charge on any atom is -0.380 e. The fourth-order valence-corrected chi connectivity index (χ4v) is 8.42. The molecular weight excluding hydrogens is 372 g/mol. The van der Waals surface area contributed by atoms with Gasteiger partial charge >= 0.3 is 0 Å². The van der Waals surface area contributed by atoms with E-state index in [9.17, 15) is 20.0 Å². The Labute approximate surface area is 171 Å². The van der Waals surface area contributed by atoms with Gasteiger partial charge in [0.05, 0.1) is 5.25 Å². The summed E-state index contributed by atoms with van der Waals surface area (Å²) in [7, 11) is 0. The van der Waals surface area contributed by atoms with Crippen molar-refractivity contribution in [2.45, 2.75) is 70.1 Å². The van der Waals surface area contributed by atoms with Gasteiger partial charge in [-0.1, -0.05) is 19.4 Å². The predicted molar refractivity (Wildman–Crippen MR) is 108 cm³/mol. The Bertz CT molecular complexity index is 789. The molecule has 0 radical (unpaired) electrons. The summed E-state index contributed by atoms with van der Waals surface area (Å²) in [6, 6.07) is 0. The molecule has 1 heterocycles. The third-order valence-electron chi connectivity index (χ3n) is 8.91. The van der Waals surface area contributed by atoms with Gasteiger partial charge in [0.2, 0.25) is 5.91 Å². The highest BCUT2D eigenvalue weighted by Crippen LogP contribution is 2.68. The highest BCUT2D eigenvalue weighted by atomic mass is 32.2. The molecule has 4 aliphatic rings. The van der Waals surface area contributed by atoms with Crippen LogP contribution in [0.1, 0.15) is 59.3 Å². The van der Waals surface area contributed by atoms with Crippen molar-refractivity contribution < 1.29 is 14.7 Å². The fraction of sp³-hybridized carbons (Fsp3) is 0.773. The number of hydrogen-bond acceptors (Lipinski definition) is 5. The number of thioether (sulfide) groups is 1. The van der Waals surface area contributed by atoms with Gasteiger partial charge < -0.3 is 10.4 Å². The van der Waals surface area contributed by atoms with Crippen LogP contribution in [-0.2, 0) is 9.59 Å². The van der Waals surface area contributed by atoms with Crippen molar-refractivity contribution in [2.75, 3.05) is 6.54 Å². The van der Waals surface area contributed by atoms with Gasteiger partial charge in [-0.2, -0.15) is 5.26 Å². The van der Waals surface area contributed by atoms with Crippen molar-refractivity contribution in [3.05, 3.63) is 11.6 Å². The summed E-state index contributed by atoms with van der Waals surface area (Å²) in [6.07, 6.45) is 7.15. The van der Waals surface area contributed by atoms with E-state index in [1.54, 1.807) is 0 Å². The van der Waals surface area contributed by atoms with Crippen molar-refractivity contribution in [1.82, 2.24) is 5.32 Å². The Hall–Kier alpha value is -1.32. The smallest absolute Gasteiger partial charge is 0.243 e. The summed E-state index contributed by atoms with van der Waals surface area (Å²) in [5.41, 5.74) is -0.639. The molecule has 1 amide bonds. The molecule has 0 aromatic heterocycles. The molecule has 1 aliphatic heterocycles. The van der Waals surface area contributed by atoms with Crippen LogP contribution in [0.4, 0.5) is 0 Å². The number of nitrogens with zero attached hydrogens (tertiary/aromatic N) is 1. The summed E-state index contributed by atoms with van der Waals surface area (Å²) < 4.78 is 0. The number of Topliss-reactive ketones (excluding diaryl/α,β-unsaturated/α-hetero) is 1. The molecule has 0 saturated heterocycles. The third-order valence-corrected chi connectivity index (χ3v) is 9.83. The molecule has 0 aromatic carbocycles. The number of allylic oxidation sites excluding steroid dienone is 1. The second-order valence-electron chi connectivity index (χ2n) is 9.76. The number of nitriles is 1. The zero-order valence-electron chi connectivity index (χ0n) is 17.0. The van der Waals surface area contributed by atoms with E-state index in [2.05, 4.69) is 24.6 Å². The average Bonchev–Trinajstić information content (AvgIpc) is 2.76. The number of nitrogens with one attached hydrogen (secondary N) is 1. The van der Waals surface area contributed by atoms with Crippen LogP contribution < -0.4 is 5.32 Å². The van der Waals surface area contributed by atoms with E-state index in [0.717, 1.165) is 50.3 Å². The lowest BCUT2D eigenvalue weighted by Crippen LogP contribution is -2.59. The Morgan fingerprint density at radius 2 is 2.07 bits per heavy atom. The molecule has 152 valence electrons. The maximum atomic E-state index is 12.6. The minimum atomic E-state index is -1.43. The molecule has 7 unspecified atom stereocenters. The quantitative estimate of drug-likeness (QED) is 0.692. The monoisotopic (exact) mass is 402 g/mol. The lowest BCUT2D eigenvalue weighted by atomic mass is 9.47. The third kappa shape index (κ3) is 2.48. The number of ketones is 1. The Balaban J connectivity index is 1.73. The molecule has 6 heteroatoms. The number of rotatable bonds is 2. The van der Waals surface area contributed by atoms with Crippen molar-refractivity contribution in [1.29, 1.82) is 5.26 Å². The Kier molecular flexibility index (Phi) is 4.71. The maximum absolute atomic E-state index is 12.6. The lowest BCUT2D eigenvalue weighted by molar-refractivity contribution is -0.158. The van der Waals surface area contributed by atoms with E-state index in [4.69, 9.17) is 0 Å². The normalized spacial score (nSPS) is 47.5. The summed E-state index contributed by atoms with van der Waals surface area (Å²) in [5, 5.41) is 25.6. The van der Waals surface area contributed by atoms with E-state index in [1.165, 1.54) is 12.5 Å². The number of amides is 1. The van der Waals surface area contributed by atoms with Crippen molar-refractivity contribution in [3.63, 3.8) is 0 Å². The second kappa shape index (κ2) is 6.60. The number of hydrogen-bond donors (Lipinski definition) is 2. The number of carbonyl (C=O) groups is 2. The maximum Gasteiger partial charge on any atom is 0.243 e. The van der Waals surface area contributed by atoms with Gasteiger partial charge in [-0.3, -0.25) is 9.59 Å². The lowest BCUT2D eigenvalue weighted by Gasteiger charge is -2.58. The van der Waals surface area contributed by atoms with Crippen LogP contribution in [0, 0.1) is 39.2 Å². The van der Waals surface area contributed by atoms with E-state index in [-0.39, 0.29) is 28.3 Å². The number of carbonyl (C=O) groups excluding carboxylic acids is 2. The zero-order valence-corrected chi connectivity index (χ0v) is 17.8. The Morgan fingerprint density at radius 1 is 1.32 bits per heavy atom. The van der Waals surface area contributed by atoms with E-state index >= 15 is 0 Å². The summed E-state index contributed by atoms with van der Waals surface area (Å²) in [6.45, 7) is 6.58. The SMILES string of the molecule is CC(=O)C1(O)C(SC#N)CC2C3CCC4=CC(=O)NCCC4(C)C3CCC21C. The van der Waals surface area contributed by atoms with Crippen LogP contribution in [0.25, 0.3) is 0 Å². The molecular formula is C22H30N2O3S. The molecule has 5 nitrogen and oxygen atoms in total. The summed E-state index contributed by atoms with van der Waals surface area (Å²) in [5.74, 6) is 0.937. The van der Waals surface area contributed by atoms with Crippen LogP contribution in [0.15, 0.2) is 11.6 Å². The molecule has 0 aromatic rings. The molecule has 3 aliphatic carbocycles. The van der Waals surface area contributed by atoms with Crippen LogP contribution in [0.2, 0.25) is 0 Å². The van der Waals surface area contributed by atoms with Gasteiger partial charge in [-0.15, -0.1) is 0 Å². The number of thiocyanates is 1. The second-order valence-corrected chi connectivity index (χ2v) is 10.7. The summed E-state index contributed by atoms with van der Waals surface area (Å²) >= 11 is 1.07. The van der Waals surface area contributed by atoms with Gasteiger partial charge in [0.15, 0.2) is 5.78 Å². The first kappa shape index (κ1) is 20.0. The molecule has 0 bridgehead atoms. The van der Waals surface area contributed by atoms with Crippen molar-refractivity contribution in [3.8, 4) is 5.40 Å². The first-order valence-electron chi connectivity index (χ1n) is 10.5. The molecule has 0 spiro atoms. The van der Waals surface area contributed by atoms with Crippen LogP contribution in [-0.4, -0.2) is 34.2 Å². The van der Waals surface area contributed by atoms with Gasteiger partial charge in [0.25, 0.3) is 0 Å². The number of fused-ring (bicyclic) bond motifs is 5. The van der Waals surface area contributed by atoms with E-state index in [0.29, 0.717) is 18.4 Å². The van der Waals surface area contributed by atoms with Gasteiger partial charge in [0.1, 0.15) is 11.0 Å². The molecule has 7 atom stereocenters. The van der Waals surface area contributed by atoms with Crippen LogP contribution in [0.3, 0.4) is 0 Å². The molecule has 2 N–H and O–H groups in total. The van der Waals surface area contributed by atoms with Gasteiger partial charge in [-0.05, 0) is 80.4 Å². The highest BCUT2D eigenvalue weighted by Gasteiger charge is 2.69. The minimum absolute atomic E-state index is 0.00178. The standard InChI is InChI=1S/C22H30N2O3S/c1-13(25)22(27)18(28-12-23)11-17-15-5-4-14-10-19(26)24-9-8-20(14,2)16(15)6-7-21(17,22)3/h10,15-18,27H,4-9,11H2,1-3H3,(H,24,26). The molecule has 28 heavy (non-hydrogen) atoms. The molecule has 3 saturated carbocycles. The van der Waals surface area contributed by atoms with Crippen LogP contribution >= 0.6 is 11.8 Å². The topological polar surface area (TPSA) is 90.2 Å². The zero-order chi connectivity index (χ0) is 20.3. The van der Waals surface area contributed by atoms with Gasteiger partial charge in [-0.25, -0.2) is 0 Å². The molecule has 4 rings (SSSR count). The highest BCUT2D eigenvalue weighted by molar-refractivity contribution is 8.04. The van der Waals surface area contributed by atoms with Crippen molar-refractivity contribution >= 4 is 23.5 Å². The van der Waals surface area contributed by atoms with Gasteiger partial charge in [0, 0.05) is 18.0 Å². The average molecular weight is 403 g/mol. The van der Waals surface area contributed by atoms with E-state index in [1.807, 2.05) is 6.08 Å². The largest absolute Gasteiger partial charge is 0.380 e. The van der Waals surface area contributed by atoms with Crippen LogP contribution in [0.5, 0.6) is 0 Å². The number of aliphatic hydroxyl groups is 1.